The molecular weight excluding hydrogens is 248 g/mol. The van der Waals surface area contributed by atoms with Crippen molar-refractivity contribution in [3.63, 3.8) is 0 Å². The molecule has 0 radical (unpaired) electrons. The smallest absolute Gasteiger partial charge is 0.171 e. The Kier molecular flexibility index (Phi) is 2.34. The molecular formula is C17H18N2O. The molecule has 1 fully saturated rings. The van der Waals surface area contributed by atoms with E-state index in [4.69, 9.17) is 10.5 Å². The molecule has 1 spiro atoms. The molecule has 3 aliphatic carbocycles. The number of rotatable bonds is 2. The van der Waals surface area contributed by atoms with Crippen LogP contribution in [0.15, 0.2) is 48.4 Å². The van der Waals surface area contributed by atoms with Crippen LogP contribution in [0.25, 0.3) is 0 Å². The second-order valence-electron chi connectivity index (χ2n) is 6.07. The zero-order chi connectivity index (χ0) is 13.7. The molecule has 2 N–H and O–H groups in total. The normalized spacial score (nSPS) is 33.1. The monoisotopic (exact) mass is 266 g/mol. The third-order valence-corrected chi connectivity index (χ3v) is 4.85. The summed E-state index contributed by atoms with van der Waals surface area (Å²) in [7, 11) is 0. The summed E-state index contributed by atoms with van der Waals surface area (Å²) in [6, 6.07) is 1.94. The number of hydrogen-bond acceptors (Lipinski definition) is 3. The lowest BCUT2D eigenvalue weighted by Gasteiger charge is -2.34. The Morgan fingerprint density at radius 1 is 1.40 bits per heavy atom. The van der Waals surface area contributed by atoms with Gasteiger partial charge in [0, 0.05) is 6.20 Å². The molecule has 0 aromatic carbocycles. The fourth-order valence-electron chi connectivity index (χ4n) is 3.87. The lowest BCUT2D eigenvalue weighted by molar-refractivity contribution is 0.257. The summed E-state index contributed by atoms with van der Waals surface area (Å²) >= 11 is 0. The third kappa shape index (κ3) is 1.49. The van der Waals surface area contributed by atoms with Crippen LogP contribution in [-0.2, 0) is 0 Å². The number of nitrogens with two attached hydrogens (primary N) is 1. The highest BCUT2D eigenvalue weighted by molar-refractivity contribution is 5.52. The number of hydrogen-bond donors (Lipinski definition) is 1. The van der Waals surface area contributed by atoms with E-state index in [1.165, 1.54) is 6.42 Å². The molecule has 3 nitrogen and oxygen atoms in total. The minimum atomic E-state index is 0.0497. The summed E-state index contributed by atoms with van der Waals surface area (Å²) in [5.41, 5.74) is 7.05. The van der Waals surface area contributed by atoms with Crippen LogP contribution in [0.3, 0.4) is 0 Å². The summed E-state index contributed by atoms with van der Waals surface area (Å²) in [6.45, 7) is 2.01. The Labute approximate surface area is 118 Å². The summed E-state index contributed by atoms with van der Waals surface area (Å²) in [5, 5.41) is 0. The van der Waals surface area contributed by atoms with Gasteiger partial charge in [-0.25, -0.2) is 4.98 Å². The van der Waals surface area contributed by atoms with Crippen molar-refractivity contribution in [1.29, 1.82) is 0 Å². The van der Waals surface area contributed by atoms with Crippen LogP contribution in [0.2, 0.25) is 0 Å². The standard InChI is InChI=1S/C17H18N2O/c1-11-5-7-19-16(18)15(11)20-14-9-12-8-13-4-2-3-6-17(13,14)10-12/h2-7,9,12-13H,8,10H2,1H3,(H2,18,19). The second-order valence-corrected chi connectivity index (χ2v) is 6.07. The van der Waals surface area contributed by atoms with Gasteiger partial charge in [0.2, 0.25) is 0 Å². The van der Waals surface area contributed by atoms with Crippen LogP contribution in [0.1, 0.15) is 18.4 Å². The quantitative estimate of drug-likeness (QED) is 0.892. The molecule has 0 saturated heterocycles. The molecule has 4 rings (SSSR count). The SMILES string of the molecule is Cc1ccnc(N)c1OC1=CC2CC3C=CC=CC13C2. The predicted octanol–water partition coefficient (Wildman–Crippen LogP) is 3.39. The van der Waals surface area contributed by atoms with E-state index >= 15 is 0 Å². The van der Waals surface area contributed by atoms with E-state index in [0.717, 1.165) is 17.7 Å². The van der Waals surface area contributed by atoms with Crippen molar-refractivity contribution in [3.8, 4) is 5.75 Å². The fourth-order valence-corrected chi connectivity index (χ4v) is 3.87. The van der Waals surface area contributed by atoms with Gasteiger partial charge in [0.05, 0.1) is 5.41 Å². The minimum Gasteiger partial charge on any atom is -0.457 e. The summed E-state index contributed by atoms with van der Waals surface area (Å²) < 4.78 is 6.22. The molecule has 2 bridgehead atoms. The van der Waals surface area contributed by atoms with Gasteiger partial charge in [-0.05, 0) is 49.3 Å². The Balaban J connectivity index is 1.72. The largest absolute Gasteiger partial charge is 0.457 e. The highest BCUT2D eigenvalue weighted by Gasteiger charge is 2.53. The molecule has 1 saturated carbocycles. The fraction of sp³-hybridized carbons (Fsp3) is 0.353. The summed E-state index contributed by atoms with van der Waals surface area (Å²) in [4.78, 5) is 4.14. The Bertz CT molecular complexity index is 639. The van der Waals surface area contributed by atoms with Crippen LogP contribution in [0.5, 0.6) is 5.75 Å². The van der Waals surface area contributed by atoms with Gasteiger partial charge in [0.1, 0.15) is 5.76 Å². The first-order chi connectivity index (χ1) is 9.69. The lowest BCUT2D eigenvalue weighted by atomic mass is 9.74. The van der Waals surface area contributed by atoms with Gasteiger partial charge in [0.15, 0.2) is 11.6 Å². The maximum atomic E-state index is 6.22. The van der Waals surface area contributed by atoms with Crippen LogP contribution < -0.4 is 10.5 Å². The van der Waals surface area contributed by atoms with Crippen LogP contribution in [-0.4, -0.2) is 4.98 Å². The maximum absolute atomic E-state index is 6.22. The molecule has 20 heavy (non-hydrogen) atoms. The average Bonchev–Trinajstić information content (AvgIpc) is 2.96. The maximum Gasteiger partial charge on any atom is 0.171 e. The third-order valence-electron chi connectivity index (χ3n) is 4.85. The van der Waals surface area contributed by atoms with Crippen LogP contribution >= 0.6 is 0 Å². The Morgan fingerprint density at radius 3 is 3.15 bits per heavy atom. The summed E-state index contributed by atoms with van der Waals surface area (Å²) in [5.74, 6) is 3.43. The van der Waals surface area contributed by atoms with E-state index in [1.807, 2.05) is 13.0 Å². The first-order valence-corrected chi connectivity index (χ1v) is 7.16. The molecule has 0 aliphatic heterocycles. The summed E-state index contributed by atoms with van der Waals surface area (Å²) in [6.07, 6.45) is 15.3. The molecule has 3 aliphatic rings. The van der Waals surface area contributed by atoms with Gasteiger partial charge >= 0.3 is 0 Å². The van der Waals surface area contributed by atoms with E-state index in [-0.39, 0.29) is 5.41 Å². The van der Waals surface area contributed by atoms with Crippen LogP contribution in [0.4, 0.5) is 5.82 Å². The van der Waals surface area contributed by atoms with E-state index < -0.39 is 0 Å². The van der Waals surface area contributed by atoms with Crippen molar-refractivity contribution >= 4 is 5.82 Å². The zero-order valence-corrected chi connectivity index (χ0v) is 11.5. The molecule has 3 heteroatoms. The number of aryl methyl sites for hydroxylation is 1. The van der Waals surface area contributed by atoms with Gasteiger partial charge in [-0.3, -0.25) is 0 Å². The molecule has 102 valence electrons. The molecule has 1 heterocycles. The van der Waals surface area contributed by atoms with Gasteiger partial charge in [-0.2, -0.15) is 0 Å². The lowest BCUT2D eigenvalue weighted by Crippen LogP contribution is -2.28. The van der Waals surface area contributed by atoms with Gasteiger partial charge < -0.3 is 10.5 Å². The van der Waals surface area contributed by atoms with Crippen molar-refractivity contribution in [1.82, 2.24) is 4.98 Å². The van der Waals surface area contributed by atoms with Gasteiger partial charge in [0.25, 0.3) is 0 Å². The number of nitrogens with zero attached hydrogens (tertiary/aromatic N) is 1. The first-order valence-electron chi connectivity index (χ1n) is 7.16. The van der Waals surface area contributed by atoms with Crippen LogP contribution in [0, 0.1) is 24.2 Å². The van der Waals surface area contributed by atoms with E-state index in [1.54, 1.807) is 6.20 Å². The molecule has 3 unspecified atom stereocenters. The predicted molar refractivity (Wildman–Crippen MR) is 79.0 cm³/mol. The van der Waals surface area contributed by atoms with Gasteiger partial charge in [-0.15, -0.1) is 0 Å². The molecule has 1 aromatic rings. The van der Waals surface area contributed by atoms with Crippen molar-refractivity contribution in [3.05, 3.63) is 54.0 Å². The number of ether oxygens (including phenoxy) is 1. The Morgan fingerprint density at radius 2 is 2.30 bits per heavy atom. The molecule has 1 aromatic heterocycles. The topological polar surface area (TPSA) is 48.1 Å². The number of anilines is 1. The number of allylic oxidation sites excluding steroid dienone is 5. The minimum absolute atomic E-state index is 0.0497. The molecule has 0 amide bonds. The van der Waals surface area contributed by atoms with Crippen molar-refractivity contribution in [2.75, 3.05) is 5.73 Å². The average molecular weight is 266 g/mol. The van der Waals surface area contributed by atoms with Crippen molar-refractivity contribution < 1.29 is 4.74 Å². The first kappa shape index (κ1) is 11.8. The molecule has 3 atom stereocenters. The highest BCUT2D eigenvalue weighted by atomic mass is 16.5. The van der Waals surface area contributed by atoms with Crippen molar-refractivity contribution in [2.45, 2.75) is 19.8 Å². The second kappa shape index (κ2) is 3.98. The van der Waals surface area contributed by atoms with E-state index in [9.17, 15) is 0 Å². The zero-order valence-electron chi connectivity index (χ0n) is 11.5. The highest BCUT2D eigenvalue weighted by Crippen LogP contribution is 2.60. The number of pyridine rings is 1. The van der Waals surface area contributed by atoms with E-state index in [2.05, 4.69) is 35.4 Å². The number of fused-ring (bicyclic) bond motifs is 1. The van der Waals surface area contributed by atoms with E-state index in [0.29, 0.717) is 23.4 Å². The Hall–Kier alpha value is -2.03. The number of aromatic nitrogens is 1. The van der Waals surface area contributed by atoms with Gasteiger partial charge in [-0.1, -0.05) is 24.3 Å². The van der Waals surface area contributed by atoms with Crippen molar-refractivity contribution in [2.24, 2.45) is 17.3 Å². The number of nitrogen functional groups attached to an aromatic ring is 1.